The molecule has 0 aliphatic heterocycles. The van der Waals surface area contributed by atoms with Crippen molar-refractivity contribution in [2.45, 2.75) is 65.5 Å². The Hall–Kier alpha value is -2.56. The number of rotatable bonds is 6. The van der Waals surface area contributed by atoms with Crippen molar-refractivity contribution >= 4 is 11.9 Å². The smallest absolute Gasteiger partial charge is 0.339 e. The van der Waals surface area contributed by atoms with E-state index < -0.39 is 0 Å². The Kier molecular flexibility index (Phi) is 6.55. The topological polar surface area (TPSA) is 60.3 Å². The highest BCUT2D eigenvalue weighted by molar-refractivity contribution is 5.93. The van der Waals surface area contributed by atoms with E-state index >= 15 is 0 Å². The molecular weight excluding hydrogens is 352 g/mol. The van der Waals surface area contributed by atoms with E-state index in [0.717, 1.165) is 29.8 Å². The molecule has 28 heavy (non-hydrogen) atoms. The molecule has 0 unspecified atom stereocenters. The molecule has 0 bridgehead atoms. The number of benzene rings is 1. The molecule has 2 aromatic rings. The number of nitrogens with zero attached hydrogens (tertiary/aromatic N) is 1. The first kappa shape index (κ1) is 20.2. The predicted octanol–water partition coefficient (Wildman–Crippen LogP) is 4.40. The number of aryl methyl sites for hydroxylation is 1. The number of hydrogen-bond acceptors (Lipinski definition) is 3. The highest BCUT2D eigenvalue weighted by Gasteiger charge is 2.22. The maximum Gasteiger partial charge on any atom is 0.339 e. The number of carbonyl (C=O) groups excluding carboxylic acids is 2. The molecule has 1 N–H and O–H groups in total. The van der Waals surface area contributed by atoms with Gasteiger partial charge in [-0.1, -0.05) is 49.1 Å². The molecule has 5 heteroatoms. The van der Waals surface area contributed by atoms with Gasteiger partial charge in [0.1, 0.15) is 6.54 Å². The predicted molar refractivity (Wildman–Crippen MR) is 110 cm³/mol. The van der Waals surface area contributed by atoms with Gasteiger partial charge in [-0.15, -0.1) is 0 Å². The zero-order valence-corrected chi connectivity index (χ0v) is 17.1. The van der Waals surface area contributed by atoms with Crippen LogP contribution in [0.25, 0.3) is 11.3 Å². The van der Waals surface area contributed by atoms with Crippen molar-refractivity contribution in [3.05, 3.63) is 47.2 Å². The molecule has 1 aromatic heterocycles. The van der Waals surface area contributed by atoms with Gasteiger partial charge in [0.2, 0.25) is 5.91 Å². The van der Waals surface area contributed by atoms with Crippen LogP contribution >= 0.6 is 0 Å². The molecule has 0 saturated heterocycles. The highest BCUT2D eigenvalue weighted by Crippen LogP contribution is 2.27. The summed E-state index contributed by atoms with van der Waals surface area (Å²) < 4.78 is 7.13. The van der Waals surface area contributed by atoms with E-state index in [4.69, 9.17) is 4.74 Å². The Labute approximate surface area is 167 Å². The van der Waals surface area contributed by atoms with Crippen molar-refractivity contribution in [3.63, 3.8) is 0 Å². The summed E-state index contributed by atoms with van der Waals surface area (Å²) in [5.74, 6) is -0.353. The van der Waals surface area contributed by atoms with Crippen LogP contribution in [0.5, 0.6) is 0 Å². The largest absolute Gasteiger partial charge is 0.462 e. The van der Waals surface area contributed by atoms with Gasteiger partial charge in [-0.25, -0.2) is 4.79 Å². The minimum atomic E-state index is -0.347. The summed E-state index contributed by atoms with van der Waals surface area (Å²) in [6.45, 7) is 6.23. The monoisotopic (exact) mass is 382 g/mol. The molecule has 1 heterocycles. The standard InChI is InChI=1S/C23H30N2O3/c1-4-28-23(27)20-14-21(18-12-10-16(2)11-13-18)25(17(20)3)15-22(26)24-19-8-6-5-7-9-19/h10-14,19H,4-9,15H2,1-3H3,(H,24,26). The number of aromatic nitrogens is 1. The van der Waals surface area contributed by atoms with Crippen molar-refractivity contribution in [2.75, 3.05) is 6.61 Å². The number of esters is 1. The summed E-state index contributed by atoms with van der Waals surface area (Å²) in [6, 6.07) is 10.2. The molecule has 3 rings (SSSR count). The lowest BCUT2D eigenvalue weighted by Gasteiger charge is -2.23. The van der Waals surface area contributed by atoms with Crippen LogP contribution < -0.4 is 5.32 Å². The third kappa shape index (κ3) is 4.64. The Morgan fingerprint density at radius 3 is 2.43 bits per heavy atom. The third-order valence-electron chi connectivity index (χ3n) is 5.48. The van der Waals surface area contributed by atoms with Crippen LogP contribution in [0.3, 0.4) is 0 Å². The van der Waals surface area contributed by atoms with E-state index in [1.54, 1.807) is 6.92 Å². The molecular formula is C23H30N2O3. The molecule has 150 valence electrons. The number of carbonyl (C=O) groups is 2. The average Bonchev–Trinajstić information content (AvgIpc) is 3.00. The first-order chi connectivity index (χ1) is 13.5. The van der Waals surface area contributed by atoms with Gasteiger partial charge in [-0.3, -0.25) is 4.79 Å². The van der Waals surface area contributed by atoms with Gasteiger partial charge in [-0.05, 0) is 45.2 Å². The van der Waals surface area contributed by atoms with E-state index in [9.17, 15) is 9.59 Å². The number of hydrogen-bond donors (Lipinski definition) is 1. The first-order valence-electron chi connectivity index (χ1n) is 10.2. The summed E-state index contributed by atoms with van der Waals surface area (Å²) in [4.78, 5) is 25.1. The van der Waals surface area contributed by atoms with Crippen molar-refractivity contribution in [1.29, 1.82) is 0 Å². The summed E-state index contributed by atoms with van der Waals surface area (Å²) in [7, 11) is 0. The zero-order valence-electron chi connectivity index (χ0n) is 17.1. The molecule has 1 aromatic carbocycles. The number of amides is 1. The van der Waals surface area contributed by atoms with Crippen molar-refractivity contribution in [1.82, 2.24) is 9.88 Å². The summed E-state index contributed by atoms with van der Waals surface area (Å²) in [5, 5.41) is 3.17. The fraction of sp³-hybridized carbons (Fsp3) is 0.478. The lowest BCUT2D eigenvalue weighted by atomic mass is 9.95. The summed E-state index contributed by atoms with van der Waals surface area (Å²) >= 11 is 0. The quantitative estimate of drug-likeness (QED) is 0.754. The Balaban J connectivity index is 1.89. The van der Waals surface area contributed by atoms with Crippen LogP contribution in [0.2, 0.25) is 0 Å². The minimum Gasteiger partial charge on any atom is -0.462 e. The second kappa shape index (κ2) is 9.09. The Morgan fingerprint density at radius 2 is 1.79 bits per heavy atom. The fourth-order valence-electron chi connectivity index (χ4n) is 3.89. The van der Waals surface area contributed by atoms with Crippen molar-refractivity contribution < 1.29 is 14.3 Å². The van der Waals surface area contributed by atoms with Gasteiger partial charge in [0, 0.05) is 17.4 Å². The summed E-state index contributed by atoms with van der Waals surface area (Å²) in [6.07, 6.45) is 5.71. The number of nitrogens with one attached hydrogen (secondary N) is 1. The molecule has 1 aliphatic carbocycles. The van der Waals surface area contributed by atoms with Gasteiger partial charge in [0.05, 0.1) is 12.2 Å². The Morgan fingerprint density at radius 1 is 1.11 bits per heavy atom. The second-order valence-corrected chi connectivity index (χ2v) is 7.60. The van der Waals surface area contributed by atoms with Gasteiger partial charge in [0.15, 0.2) is 0 Å². The molecule has 1 saturated carbocycles. The van der Waals surface area contributed by atoms with Crippen molar-refractivity contribution in [2.24, 2.45) is 0 Å². The molecule has 1 amide bonds. The molecule has 0 spiro atoms. The van der Waals surface area contributed by atoms with Crippen LogP contribution in [0, 0.1) is 13.8 Å². The van der Waals surface area contributed by atoms with E-state index in [0.29, 0.717) is 12.2 Å². The van der Waals surface area contributed by atoms with Crippen LogP contribution in [0.4, 0.5) is 0 Å². The van der Waals surface area contributed by atoms with E-state index in [2.05, 4.69) is 5.32 Å². The molecule has 0 atom stereocenters. The van der Waals surface area contributed by atoms with Crippen molar-refractivity contribution in [3.8, 4) is 11.3 Å². The Bertz CT molecular complexity index is 830. The highest BCUT2D eigenvalue weighted by atomic mass is 16.5. The zero-order chi connectivity index (χ0) is 20.1. The van der Waals surface area contributed by atoms with Gasteiger partial charge in [-0.2, -0.15) is 0 Å². The minimum absolute atomic E-state index is 0.00521. The van der Waals surface area contributed by atoms with E-state index in [1.165, 1.54) is 24.8 Å². The van der Waals surface area contributed by atoms with Crippen LogP contribution in [0.15, 0.2) is 30.3 Å². The normalized spacial score (nSPS) is 14.7. The maximum atomic E-state index is 12.7. The SMILES string of the molecule is CCOC(=O)c1cc(-c2ccc(C)cc2)n(CC(=O)NC2CCCCC2)c1C. The van der Waals surface area contributed by atoms with E-state index in [1.807, 2.05) is 48.7 Å². The second-order valence-electron chi connectivity index (χ2n) is 7.60. The molecule has 5 nitrogen and oxygen atoms in total. The van der Waals surface area contributed by atoms with Crippen LogP contribution in [-0.4, -0.2) is 29.1 Å². The van der Waals surface area contributed by atoms with Crippen LogP contribution in [0.1, 0.15) is 60.6 Å². The van der Waals surface area contributed by atoms with E-state index in [-0.39, 0.29) is 24.5 Å². The van der Waals surface area contributed by atoms with Gasteiger partial charge >= 0.3 is 5.97 Å². The molecule has 0 radical (unpaired) electrons. The lowest BCUT2D eigenvalue weighted by Crippen LogP contribution is -2.38. The average molecular weight is 383 g/mol. The number of ether oxygens (including phenoxy) is 1. The molecule has 1 aliphatic rings. The van der Waals surface area contributed by atoms with Crippen LogP contribution in [-0.2, 0) is 16.1 Å². The third-order valence-corrected chi connectivity index (χ3v) is 5.48. The fourth-order valence-corrected chi connectivity index (χ4v) is 3.89. The summed E-state index contributed by atoms with van der Waals surface area (Å²) in [5.41, 5.74) is 4.28. The van der Waals surface area contributed by atoms with Gasteiger partial charge < -0.3 is 14.6 Å². The maximum absolute atomic E-state index is 12.7. The molecule has 1 fully saturated rings. The first-order valence-corrected chi connectivity index (χ1v) is 10.2. The van der Waals surface area contributed by atoms with Gasteiger partial charge in [0.25, 0.3) is 0 Å². The lowest BCUT2D eigenvalue weighted by molar-refractivity contribution is -0.122.